The van der Waals surface area contributed by atoms with Crippen molar-refractivity contribution in [2.75, 3.05) is 0 Å². The number of esters is 2. The second-order valence-corrected chi connectivity index (χ2v) is 5.22. The molecule has 138 valence electrons. The Hall–Kier alpha value is -3.42. The molecule has 8 nitrogen and oxygen atoms in total. The van der Waals surface area contributed by atoms with E-state index in [-0.39, 0.29) is 11.1 Å². The second-order valence-electron chi connectivity index (χ2n) is 5.22. The third kappa shape index (κ3) is 5.59. The van der Waals surface area contributed by atoms with Crippen LogP contribution in [0.3, 0.4) is 0 Å². The van der Waals surface area contributed by atoms with Crippen LogP contribution in [0.1, 0.15) is 22.8 Å². The molecule has 0 saturated heterocycles. The van der Waals surface area contributed by atoms with Crippen LogP contribution in [0.25, 0.3) is 0 Å². The van der Waals surface area contributed by atoms with Gasteiger partial charge in [-0.25, -0.2) is 19.2 Å². The van der Waals surface area contributed by atoms with E-state index in [9.17, 15) is 29.4 Å². The van der Waals surface area contributed by atoms with Gasteiger partial charge in [-0.15, -0.1) is 0 Å². The van der Waals surface area contributed by atoms with Crippen LogP contribution in [0, 0.1) is 6.92 Å². The molecule has 1 rings (SSSR count). The second kappa shape index (κ2) is 9.16. The maximum Gasteiger partial charge on any atom is 0.349 e. The minimum absolute atomic E-state index is 0.0237. The predicted molar refractivity (Wildman–Crippen MR) is 89.5 cm³/mol. The highest BCUT2D eigenvalue weighted by Gasteiger charge is 2.40. The van der Waals surface area contributed by atoms with Gasteiger partial charge < -0.3 is 19.7 Å². The predicted octanol–water partition coefficient (Wildman–Crippen LogP) is 1.73. The molecular weight excluding hydrogens is 344 g/mol. The average Bonchev–Trinajstić information content (AvgIpc) is 2.57. The van der Waals surface area contributed by atoms with Gasteiger partial charge in [0.15, 0.2) is 0 Å². The number of hydrogen-bond acceptors (Lipinski definition) is 6. The zero-order chi connectivity index (χ0) is 19.9. The summed E-state index contributed by atoms with van der Waals surface area (Å²) in [6.07, 6.45) is -1.75. The normalized spacial score (nSPS) is 12.8. The van der Waals surface area contributed by atoms with Gasteiger partial charge in [0.1, 0.15) is 0 Å². The fourth-order valence-electron chi connectivity index (χ4n) is 1.82. The van der Waals surface area contributed by atoms with E-state index in [4.69, 9.17) is 4.74 Å². The first-order valence-electron chi connectivity index (χ1n) is 7.43. The molecule has 1 aromatic carbocycles. The highest BCUT2D eigenvalue weighted by atomic mass is 16.6. The van der Waals surface area contributed by atoms with Crippen LogP contribution in [0.4, 0.5) is 0 Å². The summed E-state index contributed by atoms with van der Waals surface area (Å²) in [4.78, 5) is 46.6. The Bertz CT molecular complexity index is 745. The molecule has 2 N–H and O–H groups in total. The van der Waals surface area contributed by atoms with Crippen LogP contribution in [0.5, 0.6) is 0 Å². The van der Waals surface area contributed by atoms with Crippen LogP contribution in [-0.4, -0.2) is 46.3 Å². The summed E-state index contributed by atoms with van der Waals surface area (Å²) in [7, 11) is 0. The fourth-order valence-corrected chi connectivity index (χ4v) is 1.82. The first-order chi connectivity index (χ1) is 12.2. The zero-order valence-electron chi connectivity index (χ0n) is 14.2. The number of carbonyl (C=O) groups is 4. The Morgan fingerprint density at radius 3 is 1.96 bits per heavy atom. The summed E-state index contributed by atoms with van der Waals surface area (Å²) in [5.74, 6) is -5.77. The van der Waals surface area contributed by atoms with E-state index in [2.05, 4.69) is 11.3 Å². The summed E-state index contributed by atoms with van der Waals surface area (Å²) < 4.78 is 9.42. The molecule has 8 heteroatoms. The summed E-state index contributed by atoms with van der Waals surface area (Å²) in [6.45, 7) is 6.75. The number of carbonyl (C=O) groups excluding carboxylic acids is 2. The lowest BCUT2D eigenvalue weighted by Crippen LogP contribution is -2.46. The number of carboxylic acid groups (broad SMARTS) is 2. The summed E-state index contributed by atoms with van der Waals surface area (Å²) in [5.41, 5.74) is 0.694. The van der Waals surface area contributed by atoms with E-state index < -0.39 is 36.1 Å². The maximum atomic E-state index is 12.1. The topological polar surface area (TPSA) is 127 Å². The molecule has 0 unspecified atom stereocenters. The molecule has 0 spiro atoms. The van der Waals surface area contributed by atoms with Crippen LogP contribution in [0.2, 0.25) is 0 Å². The number of hydrogen-bond donors (Lipinski definition) is 2. The first kappa shape index (κ1) is 20.6. The molecule has 0 aliphatic heterocycles. The van der Waals surface area contributed by atoms with Crippen molar-refractivity contribution in [3.05, 3.63) is 59.7 Å². The zero-order valence-corrected chi connectivity index (χ0v) is 14.2. The summed E-state index contributed by atoms with van der Waals surface area (Å²) in [5, 5.41) is 18.4. The molecule has 0 aliphatic rings. The van der Waals surface area contributed by atoms with Crippen molar-refractivity contribution < 1.29 is 38.9 Å². The highest BCUT2D eigenvalue weighted by Crippen LogP contribution is 2.13. The van der Waals surface area contributed by atoms with E-state index in [1.165, 1.54) is 24.3 Å². The van der Waals surface area contributed by atoms with Gasteiger partial charge in [-0.2, -0.15) is 0 Å². The number of rotatable bonds is 8. The minimum atomic E-state index is -2.24. The fraction of sp³-hybridized carbons (Fsp3) is 0.222. The van der Waals surface area contributed by atoms with Crippen LogP contribution in [0.15, 0.2) is 48.6 Å². The van der Waals surface area contributed by atoms with Gasteiger partial charge in [-0.05, 0) is 26.0 Å². The molecule has 0 fully saturated rings. The molecular formula is C18H18O8. The van der Waals surface area contributed by atoms with Crippen LogP contribution in [-0.2, 0) is 23.9 Å². The van der Waals surface area contributed by atoms with Crippen molar-refractivity contribution in [2.24, 2.45) is 0 Å². The van der Waals surface area contributed by atoms with Gasteiger partial charge >= 0.3 is 23.9 Å². The van der Waals surface area contributed by atoms with E-state index in [0.717, 1.165) is 5.56 Å². The smallest absolute Gasteiger partial charge is 0.349 e. The number of benzene rings is 1. The highest BCUT2D eigenvalue weighted by molar-refractivity contribution is 5.95. The minimum Gasteiger partial charge on any atom is -0.478 e. The van der Waals surface area contributed by atoms with E-state index in [1.807, 2.05) is 0 Å². The van der Waals surface area contributed by atoms with Crippen molar-refractivity contribution in [3.63, 3.8) is 0 Å². The Kier molecular flexibility index (Phi) is 7.27. The number of aryl methyl sites for hydroxylation is 1. The Morgan fingerprint density at radius 2 is 1.50 bits per heavy atom. The van der Waals surface area contributed by atoms with Crippen molar-refractivity contribution in [2.45, 2.75) is 26.1 Å². The SMILES string of the molecule is C=C(/C=C\C)C(=O)O[C@H](C(=O)O)[C@H](OC(=O)c1ccc(C)cc1)C(=O)O. The Balaban J connectivity index is 3.02. The molecule has 0 aliphatic carbocycles. The van der Waals surface area contributed by atoms with Crippen LogP contribution >= 0.6 is 0 Å². The first-order valence-corrected chi connectivity index (χ1v) is 7.43. The third-order valence-electron chi connectivity index (χ3n) is 3.15. The van der Waals surface area contributed by atoms with Crippen molar-refractivity contribution in [1.29, 1.82) is 0 Å². The van der Waals surface area contributed by atoms with Gasteiger partial charge in [-0.1, -0.05) is 36.4 Å². The van der Waals surface area contributed by atoms with Gasteiger partial charge in [0, 0.05) is 0 Å². The van der Waals surface area contributed by atoms with Crippen molar-refractivity contribution >= 4 is 23.9 Å². The maximum absolute atomic E-state index is 12.1. The molecule has 0 aromatic heterocycles. The lowest BCUT2D eigenvalue weighted by molar-refractivity contribution is -0.176. The quantitative estimate of drug-likeness (QED) is 0.407. The van der Waals surface area contributed by atoms with Crippen molar-refractivity contribution in [1.82, 2.24) is 0 Å². The summed E-state index contributed by atoms with van der Waals surface area (Å²) in [6, 6.07) is 5.99. The molecule has 0 bridgehead atoms. The lowest BCUT2D eigenvalue weighted by Gasteiger charge is -2.21. The number of allylic oxidation sites excluding steroid dienone is 1. The molecule has 0 radical (unpaired) electrons. The average molecular weight is 362 g/mol. The van der Waals surface area contributed by atoms with E-state index >= 15 is 0 Å². The summed E-state index contributed by atoms with van der Waals surface area (Å²) >= 11 is 0. The van der Waals surface area contributed by atoms with Crippen LogP contribution < -0.4 is 0 Å². The van der Waals surface area contributed by atoms with E-state index in [1.54, 1.807) is 26.0 Å². The molecule has 26 heavy (non-hydrogen) atoms. The van der Waals surface area contributed by atoms with Crippen molar-refractivity contribution in [3.8, 4) is 0 Å². The Labute approximate surface area is 149 Å². The molecule has 2 atom stereocenters. The van der Waals surface area contributed by atoms with E-state index in [0.29, 0.717) is 0 Å². The molecule has 0 amide bonds. The molecule has 0 heterocycles. The van der Waals surface area contributed by atoms with Gasteiger partial charge in [0.05, 0.1) is 11.1 Å². The van der Waals surface area contributed by atoms with Gasteiger partial charge in [0.2, 0.25) is 12.2 Å². The Morgan fingerprint density at radius 1 is 1.00 bits per heavy atom. The molecule has 0 saturated carbocycles. The lowest BCUT2D eigenvalue weighted by atomic mass is 10.1. The molecule has 1 aromatic rings. The van der Waals surface area contributed by atoms with Gasteiger partial charge in [-0.3, -0.25) is 0 Å². The third-order valence-corrected chi connectivity index (χ3v) is 3.15. The monoisotopic (exact) mass is 362 g/mol. The number of carboxylic acids is 2. The number of aliphatic carboxylic acids is 2. The van der Waals surface area contributed by atoms with Gasteiger partial charge in [0.25, 0.3) is 0 Å². The standard InChI is InChI=1S/C18H18O8/c1-4-5-11(3)17(23)25-13(15(19)20)14(16(21)22)26-18(24)12-8-6-10(2)7-9-12/h4-9,13-14H,3H2,1-2H3,(H,19,20)(H,21,22)/b5-4-/t13-,14-/m0/s1. The largest absolute Gasteiger partial charge is 0.478 e. The number of ether oxygens (including phenoxy) is 2.